The second kappa shape index (κ2) is 11.1. The van der Waals surface area contributed by atoms with Crippen LogP contribution < -0.4 is 19.5 Å². The summed E-state index contributed by atoms with van der Waals surface area (Å²) in [5.74, 6) is 1.70. The molecule has 0 radical (unpaired) electrons. The molecule has 1 atom stereocenters. The first-order chi connectivity index (χ1) is 15.4. The molecule has 168 valence electrons. The fourth-order valence-electron chi connectivity index (χ4n) is 3.17. The number of ether oxygens (including phenoxy) is 3. The van der Waals surface area contributed by atoms with Gasteiger partial charge < -0.3 is 19.5 Å². The molecule has 0 saturated heterocycles. The zero-order chi connectivity index (χ0) is 22.9. The van der Waals surface area contributed by atoms with Crippen LogP contribution in [0, 0.1) is 13.8 Å². The molecule has 7 heteroatoms. The Kier molecular flexibility index (Phi) is 8.02. The van der Waals surface area contributed by atoms with E-state index in [-0.39, 0.29) is 12.5 Å². The van der Waals surface area contributed by atoms with E-state index < -0.39 is 6.10 Å². The van der Waals surface area contributed by atoms with Crippen LogP contribution in [0.2, 0.25) is 0 Å². The van der Waals surface area contributed by atoms with Crippen LogP contribution in [-0.2, 0) is 4.79 Å². The van der Waals surface area contributed by atoms with Gasteiger partial charge in [0.25, 0.3) is 5.91 Å². The first-order valence-corrected chi connectivity index (χ1v) is 10.7. The molecule has 0 fully saturated rings. The van der Waals surface area contributed by atoms with Gasteiger partial charge in [0.05, 0.1) is 18.8 Å². The van der Waals surface area contributed by atoms with Gasteiger partial charge in [-0.15, -0.1) is 10.2 Å². The van der Waals surface area contributed by atoms with Crippen molar-refractivity contribution in [2.24, 2.45) is 0 Å². The van der Waals surface area contributed by atoms with E-state index >= 15 is 0 Å². The molecule has 1 amide bonds. The molecular weight excluding hydrogens is 406 g/mol. The average Bonchev–Trinajstić information content (AvgIpc) is 2.77. The Hall–Kier alpha value is -3.61. The molecule has 1 heterocycles. The van der Waals surface area contributed by atoms with Gasteiger partial charge in [0.15, 0.2) is 6.10 Å². The van der Waals surface area contributed by atoms with E-state index in [9.17, 15) is 4.79 Å². The van der Waals surface area contributed by atoms with E-state index in [1.165, 1.54) is 0 Å². The summed E-state index contributed by atoms with van der Waals surface area (Å²) in [6.45, 7) is 8.90. The monoisotopic (exact) mass is 435 g/mol. The standard InChI is InChI=1S/C25H29N3O4/c1-5-30-21-8-6-20(7-9-21)23-10-11-24(28-27-23)31-13-12-26-25(29)19(4)32-22-15-17(2)14-18(3)16-22/h6-11,14-16,19H,5,12-13H2,1-4H3,(H,26,29). The Morgan fingerprint density at radius 2 is 1.66 bits per heavy atom. The van der Waals surface area contributed by atoms with Crippen LogP contribution in [0.1, 0.15) is 25.0 Å². The highest BCUT2D eigenvalue weighted by molar-refractivity contribution is 5.80. The molecule has 1 aromatic heterocycles. The van der Waals surface area contributed by atoms with Crippen LogP contribution in [0.25, 0.3) is 11.3 Å². The predicted octanol–water partition coefficient (Wildman–Crippen LogP) is 4.12. The molecule has 32 heavy (non-hydrogen) atoms. The summed E-state index contributed by atoms with van der Waals surface area (Å²) < 4.78 is 16.8. The van der Waals surface area contributed by atoms with Crippen molar-refractivity contribution >= 4 is 5.91 Å². The summed E-state index contributed by atoms with van der Waals surface area (Å²) in [4.78, 5) is 12.3. The van der Waals surface area contributed by atoms with Crippen molar-refractivity contribution in [1.82, 2.24) is 15.5 Å². The molecule has 2 aromatic carbocycles. The van der Waals surface area contributed by atoms with Crippen LogP contribution in [0.5, 0.6) is 17.4 Å². The lowest BCUT2D eigenvalue weighted by atomic mass is 10.1. The van der Waals surface area contributed by atoms with Gasteiger partial charge in [-0.25, -0.2) is 0 Å². The van der Waals surface area contributed by atoms with E-state index in [0.29, 0.717) is 24.8 Å². The number of amides is 1. The summed E-state index contributed by atoms with van der Waals surface area (Å²) in [6.07, 6.45) is -0.607. The van der Waals surface area contributed by atoms with Gasteiger partial charge in [-0.2, -0.15) is 0 Å². The predicted molar refractivity (Wildman–Crippen MR) is 123 cm³/mol. The van der Waals surface area contributed by atoms with Gasteiger partial charge in [-0.3, -0.25) is 4.79 Å². The number of benzene rings is 2. The Labute approximate surface area is 188 Å². The first-order valence-electron chi connectivity index (χ1n) is 10.7. The SMILES string of the molecule is CCOc1ccc(-c2ccc(OCCNC(=O)C(C)Oc3cc(C)cc(C)c3)nn2)cc1. The Bertz CT molecular complexity index is 1000. The quantitative estimate of drug-likeness (QED) is 0.483. The maximum atomic E-state index is 12.3. The van der Waals surface area contributed by atoms with Crippen LogP contribution >= 0.6 is 0 Å². The van der Waals surface area contributed by atoms with Crippen molar-refractivity contribution in [2.75, 3.05) is 19.8 Å². The molecular formula is C25H29N3O4. The number of aryl methyl sites for hydroxylation is 2. The topological polar surface area (TPSA) is 82.6 Å². The third-order valence-corrected chi connectivity index (χ3v) is 4.63. The van der Waals surface area contributed by atoms with Gasteiger partial charge in [0.2, 0.25) is 5.88 Å². The number of carbonyl (C=O) groups is 1. The number of rotatable bonds is 10. The zero-order valence-corrected chi connectivity index (χ0v) is 18.9. The molecule has 3 aromatic rings. The summed E-state index contributed by atoms with van der Waals surface area (Å²) >= 11 is 0. The highest BCUT2D eigenvalue weighted by Crippen LogP contribution is 2.21. The average molecular weight is 436 g/mol. The summed E-state index contributed by atoms with van der Waals surface area (Å²) in [5.41, 5.74) is 3.87. The molecule has 3 rings (SSSR count). The van der Waals surface area contributed by atoms with Crippen LogP contribution in [-0.4, -0.2) is 42.0 Å². The molecule has 0 aliphatic rings. The van der Waals surface area contributed by atoms with Gasteiger partial charge in [0, 0.05) is 11.6 Å². The van der Waals surface area contributed by atoms with Gasteiger partial charge in [0.1, 0.15) is 18.1 Å². The smallest absolute Gasteiger partial charge is 0.260 e. The largest absolute Gasteiger partial charge is 0.494 e. The maximum absolute atomic E-state index is 12.3. The highest BCUT2D eigenvalue weighted by atomic mass is 16.5. The third-order valence-electron chi connectivity index (χ3n) is 4.63. The van der Waals surface area contributed by atoms with E-state index in [1.807, 2.05) is 63.2 Å². The van der Waals surface area contributed by atoms with E-state index in [4.69, 9.17) is 14.2 Å². The Morgan fingerprint density at radius 1 is 0.938 bits per heavy atom. The van der Waals surface area contributed by atoms with Crippen LogP contribution in [0.15, 0.2) is 54.6 Å². The van der Waals surface area contributed by atoms with Crippen LogP contribution in [0.3, 0.4) is 0 Å². The maximum Gasteiger partial charge on any atom is 0.260 e. The number of nitrogens with one attached hydrogen (secondary N) is 1. The van der Waals surface area contributed by atoms with E-state index in [2.05, 4.69) is 21.6 Å². The normalized spacial score (nSPS) is 11.5. The first kappa shape index (κ1) is 23.1. The van der Waals surface area contributed by atoms with Crippen molar-refractivity contribution in [1.29, 1.82) is 0 Å². The summed E-state index contributed by atoms with van der Waals surface area (Å²) in [7, 11) is 0. The minimum atomic E-state index is -0.607. The fraction of sp³-hybridized carbons (Fsp3) is 0.320. The minimum absolute atomic E-state index is 0.204. The molecule has 1 N–H and O–H groups in total. The van der Waals surface area contributed by atoms with Crippen LogP contribution in [0.4, 0.5) is 0 Å². The van der Waals surface area contributed by atoms with Crippen molar-refractivity contribution in [3.05, 3.63) is 65.7 Å². The summed E-state index contributed by atoms with van der Waals surface area (Å²) in [6, 6.07) is 17.2. The molecule has 7 nitrogen and oxygen atoms in total. The van der Waals surface area contributed by atoms with Crippen molar-refractivity contribution < 1.29 is 19.0 Å². The lowest BCUT2D eigenvalue weighted by Gasteiger charge is -2.15. The number of aromatic nitrogens is 2. The van der Waals surface area contributed by atoms with Crippen molar-refractivity contribution in [3.8, 4) is 28.6 Å². The summed E-state index contributed by atoms with van der Waals surface area (Å²) in [5, 5.41) is 11.1. The molecule has 0 bridgehead atoms. The number of carbonyl (C=O) groups excluding carboxylic acids is 1. The molecule has 1 unspecified atom stereocenters. The van der Waals surface area contributed by atoms with Gasteiger partial charge in [-0.05, 0) is 81.3 Å². The van der Waals surface area contributed by atoms with Gasteiger partial charge in [-0.1, -0.05) is 6.07 Å². The van der Waals surface area contributed by atoms with E-state index in [1.54, 1.807) is 13.0 Å². The van der Waals surface area contributed by atoms with E-state index in [0.717, 1.165) is 28.1 Å². The Morgan fingerprint density at radius 3 is 2.28 bits per heavy atom. The van der Waals surface area contributed by atoms with Crippen molar-refractivity contribution in [2.45, 2.75) is 33.8 Å². The third kappa shape index (κ3) is 6.70. The second-order valence-corrected chi connectivity index (χ2v) is 7.44. The molecule has 0 aliphatic heterocycles. The number of hydrogen-bond donors (Lipinski definition) is 1. The fourth-order valence-corrected chi connectivity index (χ4v) is 3.17. The molecule has 0 spiro atoms. The highest BCUT2D eigenvalue weighted by Gasteiger charge is 2.14. The minimum Gasteiger partial charge on any atom is -0.494 e. The molecule has 0 saturated carbocycles. The number of hydrogen-bond acceptors (Lipinski definition) is 6. The second-order valence-electron chi connectivity index (χ2n) is 7.44. The molecule has 0 aliphatic carbocycles. The number of nitrogens with zero attached hydrogens (tertiary/aromatic N) is 2. The van der Waals surface area contributed by atoms with Crippen molar-refractivity contribution in [3.63, 3.8) is 0 Å². The Balaban J connectivity index is 1.42. The lowest BCUT2D eigenvalue weighted by Crippen LogP contribution is -2.38. The van der Waals surface area contributed by atoms with Gasteiger partial charge >= 0.3 is 0 Å². The zero-order valence-electron chi connectivity index (χ0n) is 18.9. The lowest BCUT2D eigenvalue weighted by molar-refractivity contribution is -0.127.